The van der Waals surface area contributed by atoms with E-state index in [2.05, 4.69) is 46.2 Å². The third kappa shape index (κ3) is 2.32. The van der Waals surface area contributed by atoms with E-state index in [1.54, 1.807) is 6.33 Å². The van der Waals surface area contributed by atoms with Crippen LogP contribution in [0.2, 0.25) is 0 Å². The minimum atomic E-state index is 0.613. The van der Waals surface area contributed by atoms with Gasteiger partial charge in [-0.05, 0) is 13.0 Å². The fourth-order valence-electron chi connectivity index (χ4n) is 4.12. The molecular weight excluding hydrogens is 316 g/mol. The molecule has 0 bridgehead atoms. The first-order valence-electron chi connectivity index (χ1n) is 8.76. The van der Waals surface area contributed by atoms with E-state index in [0.717, 1.165) is 55.7 Å². The molecule has 2 atom stereocenters. The molecule has 8 heteroatoms. The van der Waals surface area contributed by atoms with Gasteiger partial charge in [-0.15, -0.1) is 0 Å². The van der Waals surface area contributed by atoms with Crippen molar-refractivity contribution in [1.29, 1.82) is 0 Å². The lowest BCUT2D eigenvalue weighted by Crippen LogP contribution is -2.30. The standard InChI is InChI=1S/C17H20N8/c1-2-23-11-22-14-15(23)20-10-21-16(14)24-6-12-8-25(9-13(12)7-24)17-18-4-3-5-19-17/h3-5,10-13H,2,6-9H2,1H3. The molecule has 3 aromatic heterocycles. The molecule has 0 radical (unpaired) electrons. The van der Waals surface area contributed by atoms with Crippen molar-refractivity contribution < 1.29 is 0 Å². The van der Waals surface area contributed by atoms with Crippen LogP contribution in [-0.2, 0) is 6.54 Å². The van der Waals surface area contributed by atoms with Crippen molar-refractivity contribution in [2.24, 2.45) is 11.8 Å². The molecule has 2 fully saturated rings. The monoisotopic (exact) mass is 336 g/mol. The van der Waals surface area contributed by atoms with Crippen molar-refractivity contribution in [3.05, 3.63) is 31.1 Å². The van der Waals surface area contributed by atoms with E-state index in [4.69, 9.17) is 0 Å². The minimum absolute atomic E-state index is 0.613. The highest BCUT2D eigenvalue weighted by molar-refractivity contribution is 5.83. The zero-order chi connectivity index (χ0) is 16.8. The fourth-order valence-corrected chi connectivity index (χ4v) is 4.12. The molecule has 25 heavy (non-hydrogen) atoms. The number of aromatic nitrogens is 6. The quantitative estimate of drug-likeness (QED) is 0.711. The Kier molecular flexibility index (Phi) is 3.29. The first-order valence-corrected chi connectivity index (χ1v) is 8.76. The predicted octanol–water partition coefficient (Wildman–Crippen LogP) is 1.21. The number of rotatable bonds is 3. The Morgan fingerprint density at radius 1 is 0.920 bits per heavy atom. The Labute approximate surface area is 145 Å². The van der Waals surface area contributed by atoms with Crippen molar-refractivity contribution in [2.45, 2.75) is 13.5 Å². The molecule has 3 aromatic rings. The van der Waals surface area contributed by atoms with E-state index in [0.29, 0.717) is 11.8 Å². The highest BCUT2D eigenvalue weighted by atomic mass is 15.3. The number of nitrogens with zero attached hydrogens (tertiary/aromatic N) is 8. The molecule has 0 aromatic carbocycles. The SMILES string of the molecule is CCn1cnc2c(N3CC4CN(c5ncccn5)CC4C3)ncnc21. The summed E-state index contributed by atoms with van der Waals surface area (Å²) in [7, 11) is 0. The van der Waals surface area contributed by atoms with Gasteiger partial charge in [-0.1, -0.05) is 0 Å². The van der Waals surface area contributed by atoms with Crippen LogP contribution in [0.5, 0.6) is 0 Å². The number of aryl methyl sites for hydroxylation is 1. The molecule has 0 amide bonds. The van der Waals surface area contributed by atoms with Gasteiger partial charge in [0.2, 0.25) is 5.95 Å². The summed E-state index contributed by atoms with van der Waals surface area (Å²) in [6.07, 6.45) is 7.13. The molecule has 2 aliphatic heterocycles. The van der Waals surface area contributed by atoms with Crippen LogP contribution >= 0.6 is 0 Å². The highest BCUT2D eigenvalue weighted by Crippen LogP contribution is 2.35. The maximum Gasteiger partial charge on any atom is 0.225 e. The number of hydrogen-bond donors (Lipinski definition) is 0. The zero-order valence-corrected chi connectivity index (χ0v) is 14.2. The molecule has 128 valence electrons. The van der Waals surface area contributed by atoms with Crippen molar-refractivity contribution in [3.63, 3.8) is 0 Å². The maximum atomic E-state index is 4.56. The Balaban J connectivity index is 1.37. The number of anilines is 2. The van der Waals surface area contributed by atoms with E-state index in [1.807, 2.05) is 24.8 Å². The third-order valence-corrected chi connectivity index (χ3v) is 5.34. The molecule has 0 spiro atoms. The van der Waals surface area contributed by atoms with Gasteiger partial charge in [-0.25, -0.2) is 24.9 Å². The van der Waals surface area contributed by atoms with Crippen molar-refractivity contribution in [3.8, 4) is 0 Å². The maximum absolute atomic E-state index is 4.56. The molecule has 2 saturated heterocycles. The summed E-state index contributed by atoms with van der Waals surface area (Å²) in [6, 6.07) is 1.86. The molecule has 5 heterocycles. The van der Waals surface area contributed by atoms with E-state index in [-0.39, 0.29) is 0 Å². The van der Waals surface area contributed by atoms with Gasteiger partial charge in [-0.3, -0.25) is 0 Å². The summed E-state index contributed by atoms with van der Waals surface area (Å²) in [4.78, 5) is 26.9. The summed E-state index contributed by atoms with van der Waals surface area (Å²) in [5, 5.41) is 0. The van der Waals surface area contributed by atoms with Gasteiger partial charge < -0.3 is 14.4 Å². The molecule has 5 rings (SSSR count). The molecule has 0 aliphatic carbocycles. The van der Waals surface area contributed by atoms with Gasteiger partial charge in [0, 0.05) is 57.0 Å². The van der Waals surface area contributed by atoms with Crippen LogP contribution in [0.25, 0.3) is 11.2 Å². The van der Waals surface area contributed by atoms with Gasteiger partial charge in [0.15, 0.2) is 17.0 Å². The summed E-state index contributed by atoms with van der Waals surface area (Å²) in [5.41, 5.74) is 1.83. The number of imidazole rings is 1. The van der Waals surface area contributed by atoms with Gasteiger partial charge in [0.05, 0.1) is 6.33 Å². The zero-order valence-electron chi connectivity index (χ0n) is 14.2. The summed E-state index contributed by atoms with van der Waals surface area (Å²) >= 11 is 0. The third-order valence-electron chi connectivity index (χ3n) is 5.34. The lowest BCUT2D eigenvalue weighted by molar-refractivity contribution is 0.533. The minimum Gasteiger partial charge on any atom is -0.354 e. The van der Waals surface area contributed by atoms with Gasteiger partial charge >= 0.3 is 0 Å². The Hall–Kier alpha value is -2.77. The van der Waals surface area contributed by atoms with E-state index in [9.17, 15) is 0 Å². The average Bonchev–Trinajstić information content (AvgIpc) is 3.34. The van der Waals surface area contributed by atoms with Crippen molar-refractivity contribution in [1.82, 2.24) is 29.5 Å². The fraction of sp³-hybridized carbons (Fsp3) is 0.471. The molecule has 2 unspecified atom stereocenters. The smallest absolute Gasteiger partial charge is 0.225 e. The van der Waals surface area contributed by atoms with E-state index < -0.39 is 0 Å². The molecular formula is C17H20N8. The van der Waals surface area contributed by atoms with Crippen molar-refractivity contribution >= 4 is 22.9 Å². The Morgan fingerprint density at radius 3 is 2.36 bits per heavy atom. The van der Waals surface area contributed by atoms with Crippen LogP contribution in [0.4, 0.5) is 11.8 Å². The van der Waals surface area contributed by atoms with Crippen molar-refractivity contribution in [2.75, 3.05) is 36.0 Å². The molecule has 0 saturated carbocycles. The summed E-state index contributed by atoms with van der Waals surface area (Å²) < 4.78 is 2.06. The summed E-state index contributed by atoms with van der Waals surface area (Å²) in [5.74, 6) is 3.04. The first-order chi connectivity index (χ1) is 12.3. The Morgan fingerprint density at radius 2 is 1.64 bits per heavy atom. The lowest BCUT2D eigenvalue weighted by Gasteiger charge is -2.22. The van der Waals surface area contributed by atoms with E-state index >= 15 is 0 Å². The predicted molar refractivity (Wildman–Crippen MR) is 94.4 cm³/mol. The molecule has 8 nitrogen and oxygen atoms in total. The average molecular weight is 336 g/mol. The second-order valence-electron chi connectivity index (χ2n) is 6.78. The number of hydrogen-bond acceptors (Lipinski definition) is 7. The largest absolute Gasteiger partial charge is 0.354 e. The topological polar surface area (TPSA) is 75.9 Å². The summed E-state index contributed by atoms with van der Waals surface area (Å²) in [6.45, 7) is 6.97. The van der Waals surface area contributed by atoms with Crippen LogP contribution in [0.3, 0.4) is 0 Å². The second-order valence-corrected chi connectivity index (χ2v) is 6.78. The van der Waals surface area contributed by atoms with Crippen LogP contribution in [-0.4, -0.2) is 55.7 Å². The molecule has 0 N–H and O–H groups in total. The van der Waals surface area contributed by atoms with Crippen LogP contribution in [0.1, 0.15) is 6.92 Å². The molecule has 2 aliphatic rings. The highest BCUT2D eigenvalue weighted by Gasteiger charge is 2.41. The van der Waals surface area contributed by atoms with Gasteiger partial charge in [-0.2, -0.15) is 0 Å². The lowest BCUT2D eigenvalue weighted by atomic mass is 10.0. The van der Waals surface area contributed by atoms with Gasteiger partial charge in [0.1, 0.15) is 6.33 Å². The van der Waals surface area contributed by atoms with Crippen LogP contribution in [0.15, 0.2) is 31.1 Å². The Bertz CT molecular complexity index is 878. The second kappa shape index (κ2) is 5.65. The van der Waals surface area contributed by atoms with Crippen LogP contribution < -0.4 is 9.80 Å². The first kappa shape index (κ1) is 14.6. The normalized spacial score (nSPS) is 22.8. The van der Waals surface area contributed by atoms with Crippen LogP contribution in [0, 0.1) is 11.8 Å². The number of fused-ring (bicyclic) bond motifs is 2. The van der Waals surface area contributed by atoms with Gasteiger partial charge in [0.25, 0.3) is 0 Å². The van der Waals surface area contributed by atoms with E-state index in [1.165, 1.54) is 0 Å².